The standard InChI is InChI=1S/C14H22N2O2S/c1-15-10-14(12-6-4-3-5-7-12)16(2)13-8-9-19(17,18)11-13/h3-7,13-15H,8-11H2,1-2H3. The van der Waals surface area contributed by atoms with Crippen LogP contribution in [0.15, 0.2) is 30.3 Å². The molecule has 0 amide bonds. The van der Waals surface area contributed by atoms with Crippen LogP contribution in [0, 0.1) is 0 Å². The molecule has 1 fully saturated rings. The maximum atomic E-state index is 11.6. The van der Waals surface area contributed by atoms with Crippen LogP contribution in [0.4, 0.5) is 0 Å². The Hall–Kier alpha value is -0.910. The number of nitrogens with one attached hydrogen (secondary N) is 1. The molecule has 2 unspecified atom stereocenters. The number of benzene rings is 1. The van der Waals surface area contributed by atoms with Crippen LogP contribution in [-0.4, -0.2) is 51.5 Å². The molecule has 1 aliphatic rings. The molecule has 0 aromatic heterocycles. The molecular formula is C14H22N2O2S. The second kappa shape index (κ2) is 6.03. The van der Waals surface area contributed by atoms with Crippen molar-refractivity contribution in [1.29, 1.82) is 0 Å². The first kappa shape index (κ1) is 14.5. The fraction of sp³-hybridized carbons (Fsp3) is 0.571. The zero-order chi connectivity index (χ0) is 13.9. The van der Waals surface area contributed by atoms with Gasteiger partial charge in [0.1, 0.15) is 0 Å². The fourth-order valence-electron chi connectivity index (χ4n) is 2.72. The molecule has 0 spiro atoms. The van der Waals surface area contributed by atoms with Gasteiger partial charge in [0.05, 0.1) is 11.5 Å². The third kappa shape index (κ3) is 3.55. The van der Waals surface area contributed by atoms with Crippen molar-refractivity contribution in [2.24, 2.45) is 0 Å². The van der Waals surface area contributed by atoms with Gasteiger partial charge in [0.15, 0.2) is 9.84 Å². The number of hydrogen-bond donors (Lipinski definition) is 1. The van der Waals surface area contributed by atoms with Gasteiger partial charge in [-0.1, -0.05) is 30.3 Å². The topological polar surface area (TPSA) is 49.4 Å². The second-order valence-electron chi connectivity index (χ2n) is 5.21. The molecule has 4 nitrogen and oxygen atoms in total. The van der Waals surface area contributed by atoms with Gasteiger partial charge in [-0.05, 0) is 26.1 Å². The molecule has 1 aromatic carbocycles. The molecule has 1 saturated heterocycles. The third-order valence-electron chi connectivity index (χ3n) is 3.86. The Balaban J connectivity index is 2.16. The van der Waals surface area contributed by atoms with Crippen LogP contribution in [0.25, 0.3) is 0 Å². The zero-order valence-corrected chi connectivity index (χ0v) is 12.4. The lowest BCUT2D eigenvalue weighted by Gasteiger charge is -2.32. The van der Waals surface area contributed by atoms with Gasteiger partial charge in [-0.3, -0.25) is 4.90 Å². The number of hydrogen-bond acceptors (Lipinski definition) is 4. The summed E-state index contributed by atoms with van der Waals surface area (Å²) >= 11 is 0. The number of sulfone groups is 1. The van der Waals surface area contributed by atoms with Crippen LogP contribution in [-0.2, 0) is 9.84 Å². The van der Waals surface area contributed by atoms with Crippen molar-refractivity contribution in [2.75, 3.05) is 32.1 Å². The number of likely N-dealkylation sites (N-methyl/N-ethyl adjacent to an activating group) is 2. The fourth-order valence-corrected chi connectivity index (χ4v) is 4.50. The third-order valence-corrected chi connectivity index (χ3v) is 5.61. The van der Waals surface area contributed by atoms with E-state index in [2.05, 4.69) is 22.3 Å². The predicted octanol–water partition coefficient (Wildman–Crippen LogP) is 1.07. The van der Waals surface area contributed by atoms with Gasteiger partial charge < -0.3 is 5.32 Å². The summed E-state index contributed by atoms with van der Waals surface area (Å²) in [6, 6.07) is 10.6. The first-order chi connectivity index (χ1) is 9.03. The Bertz CT molecular complexity index is 501. The molecule has 0 saturated carbocycles. The Labute approximate surface area is 115 Å². The van der Waals surface area contributed by atoms with Gasteiger partial charge in [-0.2, -0.15) is 0 Å². The quantitative estimate of drug-likeness (QED) is 0.877. The highest BCUT2D eigenvalue weighted by Crippen LogP contribution is 2.26. The van der Waals surface area contributed by atoms with Crippen molar-refractivity contribution in [2.45, 2.75) is 18.5 Å². The van der Waals surface area contributed by atoms with Crippen molar-refractivity contribution in [3.05, 3.63) is 35.9 Å². The Morgan fingerprint density at radius 1 is 1.37 bits per heavy atom. The van der Waals surface area contributed by atoms with Crippen molar-refractivity contribution in [1.82, 2.24) is 10.2 Å². The molecule has 0 radical (unpaired) electrons. The lowest BCUT2D eigenvalue weighted by Crippen LogP contribution is -2.40. The molecule has 1 heterocycles. The van der Waals surface area contributed by atoms with E-state index in [0.717, 1.165) is 13.0 Å². The average Bonchev–Trinajstić information content (AvgIpc) is 2.77. The van der Waals surface area contributed by atoms with E-state index in [1.54, 1.807) is 0 Å². The van der Waals surface area contributed by atoms with Gasteiger partial charge in [0.2, 0.25) is 0 Å². The summed E-state index contributed by atoms with van der Waals surface area (Å²) < 4.78 is 23.2. The second-order valence-corrected chi connectivity index (χ2v) is 7.44. The van der Waals surface area contributed by atoms with Gasteiger partial charge >= 0.3 is 0 Å². The lowest BCUT2D eigenvalue weighted by molar-refractivity contribution is 0.186. The highest BCUT2D eigenvalue weighted by Gasteiger charge is 2.33. The Kier molecular flexibility index (Phi) is 4.60. The molecule has 106 valence electrons. The molecule has 2 rings (SSSR count). The highest BCUT2D eigenvalue weighted by atomic mass is 32.2. The van der Waals surface area contributed by atoms with Crippen molar-refractivity contribution in [3.63, 3.8) is 0 Å². The molecule has 1 aromatic rings. The minimum atomic E-state index is -2.83. The van der Waals surface area contributed by atoms with Gasteiger partial charge in [0, 0.05) is 18.6 Å². The average molecular weight is 282 g/mol. The molecule has 19 heavy (non-hydrogen) atoms. The molecule has 5 heteroatoms. The summed E-state index contributed by atoms with van der Waals surface area (Å²) in [4.78, 5) is 2.20. The summed E-state index contributed by atoms with van der Waals surface area (Å²) in [5.41, 5.74) is 1.23. The molecule has 1 aliphatic heterocycles. The van der Waals surface area contributed by atoms with E-state index in [0.29, 0.717) is 5.75 Å². The minimum absolute atomic E-state index is 0.128. The van der Waals surface area contributed by atoms with E-state index in [1.165, 1.54) is 5.56 Å². The minimum Gasteiger partial charge on any atom is -0.318 e. The van der Waals surface area contributed by atoms with Gasteiger partial charge in [-0.25, -0.2) is 8.42 Å². The van der Waals surface area contributed by atoms with E-state index in [1.807, 2.05) is 32.3 Å². The van der Waals surface area contributed by atoms with E-state index in [-0.39, 0.29) is 17.8 Å². The summed E-state index contributed by atoms with van der Waals surface area (Å²) in [6.07, 6.45) is 0.742. The van der Waals surface area contributed by atoms with Crippen LogP contribution < -0.4 is 5.32 Å². The summed E-state index contributed by atoms with van der Waals surface area (Å²) in [7, 11) is 1.12. The summed E-state index contributed by atoms with van der Waals surface area (Å²) in [5, 5.41) is 3.20. The summed E-state index contributed by atoms with van der Waals surface area (Å²) in [5.74, 6) is 0.611. The van der Waals surface area contributed by atoms with Crippen molar-refractivity contribution >= 4 is 9.84 Å². The number of nitrogens with zero attached hydrogens (tertiary/aromatic N) is 1. The smallest absolute Gasteiger partial charge is 0.151 e. The van der Waals surface area contributed by atoms with E-state index < -0.39 is 9.84 Å². The van der Waals surface area contributed by atoms with Gasteiger partial charge in [0.25, 0.3) is 0 Å². The van der Waals surface area contributed by atoms with Crippen molar-refractivity contribution < 1.29 is 8.42 Å². The van der Waals surface area contributed by atoms with Crippen LogP contribution >= 0.6 is 0 Å². The lowest BCUT2D eigenvalue weighted by atomic mass is 10.0. The summed E-state index contributed by atoms with van der Waals surface area (Å²) in [6.45, 7) is 0.817. The normalized spacial score (nSPS) is 23.6. The van der Waals surface area contributed by atoms with Crippen LogP contribution in [0.3, 0.4) is 0 Å². The first-order valence-corrected chi connectivity index (χ1v) is 8.47. The van der Waals surface area contributed by atoms with E-state index >= 15 is 0 Å². The Morgan fingerprint density at radius 2 is 2.05 bits per heavy atom. The van der Waals surface area contributed by atoms with Crippen molar-refractivity contribution in [3.8, 4) is 0 Å². The Morgan fingerprint density at radius 3 is 2.58 bits per heavy atom. The monoisotopic (exact) mass is 282 g/mol. The SMILES string of the molecule is CNCC(c1ccccc1)N(C)C1CCS(=O)(=O)C1. The number of rotatable bonds is 5. The zero-order valence-electron chi connectivity index (χ0n) is 11.5. The van der Waals surface area contributed by atoms with Crippen LogP contribution in [0.1, 0.15) is 18.0 Å². The molecule has 0 bridgehead atoms. The molecule has 2 atom stereocenters. The molecule has 0 aliphatic carbocycles. The first-order valence-electron chi connectivity index (χ1n) is 6.65. The molecular weight excluding hydrogens is 260 g/mol. The van der Waals surface area contributed by atoms with Crippen LogP contribution in [0.2, 0.25) is 0 Å². The largest absolute Gasteiger partial charge is 0.318 e. The predicted molar refractivity (Wildman–Crippen MR) is 77.9 cm³/mol. The maximum Gasteiger partial charge on any atom is 0.151 e. The van der Waals surface area contributed by atoms with E-state index in [4.69, 9.17) is 0 Å². The van der Waals surface area contributed by atoms with Gasteiger partial charge in [-0.15, -0.1) is 0 Å². The van der Waals surface area contributed by atoms with E-state index in [9.17, 15) is 8.42 Å². The molecule has 1 N–H and O–H groups in total. The van der Waals surface area contributed by atoms with Crippen LogP contribution in [0.5, 0.6) is 0 Å². The maximum absolute atomic E-state index is 11.6. The highest BCUT2D eigenvalue weighted by molar-refractivity contribution is 7.91.